The van der Waals surface area contributed by atoms with E-state index in [1.807, 2.05) is 19.2 Å². The second kappa shape index (κ2) is 7.52. The highest BCUT2D eigenvalue weighted by Gasteiger charge is 2.17. The van der Waals surface area contributed by atoms with Crippen molar-refractivity contribution in [3.8, 4) is 0 Å². The van der Waals surface area contributed by atoms with Crippen LogP contribution in [0.15, 0.2) is 22.7 Å². The van der Waals surface area contributed by atoms with Gasteiger partial charge in [0.25, 0.3) is 0 Å². The first-order chi connectivity index (χ1) is 8.43. The molecule has 2 atom stereocenters. The zero-order valence-corrected chi connectivity index (χ0v) is 14.0. The van der Waals surface area contributed by atoms with Crippen molar-refractivity contribution in [3.63, 3.8) is 0 Å². The Kier molecular flexibility index (Phi) is 6.68. The molecule has 0 aromatic heterocycles. The molecule has 102 valence electrons. The lowest BCUT2D eigenvalue weighted by Crippen LogP contribution is -2.20. The molecule has 0 saturated heterocycles. The second-order valence-corrected chi connectivity index (χ2v) is 6.77. The highest BCUT2D eigenvalue weighted by Crippen LogP contribution is 2.31. The fourth-order valence-electron chi connectivity index (χ4n) is 2.49. The predicted octanol–water partition coefficient (Wildman–Crippen LogP) is 5.44. The summed E-state index contributed by atoms with van der Waals surface area (Å²) in [7, 11) is 2.01. The summed E-state index contributed by atoms with van der Waals surface area (Å²) in [4.78, 5) is 0. The van der Waals surface area contributed by atoms with Crippen LogP contribution >= 0.6 is 27.5 Å². The molecule has 0 aliphatic heterocycles. The quantitative estimate of drug-likeness (QED) is 0.732. The SMILES string of the molecule is CNC(CC(C)CC(C)C)c1cc(Cl)ccc1Br. The summed E-state index contributed by atoms with van der Waals surface area (Å²) in [5, 5.41) is 4.20. The minimum Gasteiger partial charge on any atom is -0.313 e. The Morgan fingerprint density at radius 2 is 1.89 bits per heavy atom. The van der Waals surface area contributed by atoms with Gasteiger partial charge in [0.15, 0.2) is 0 Å². The molecule has 0 fully saturated rings. The van der Waals surface area contributed by atoms with Crippen molar-refractivity contribution in [2.45, 2.75) is 39.7 Å². The Morgan fingerprint density at radius 1 is 1.22 bits per heavy atom. The van der Waals surface area contributed by atoms with Crippen molar-refractivity contribution < 1.29 is 0 Å². The predicted molar refractivity (Wildman–Crippen MR) is 84.2 cm³/mol. The van der Waals surface area contributed by atoms with Crippen LogP contribution in [-0.2, 0) is 0 Å². The minimum absolute atomic E-state index is 0.354. The van der Waals surface area contributed by atoms with E-state index in [-0.39, 0.29) is 0 Å². The molecule has 3 heteroatoms. The van der Waals surface area contributed by atoms with Crippen LogP contribution in [0, 0.1) is 11.8 Å². The highest BCUT2D eigenvalue weighted by atomic mass is 79.9. The molecule has 0 saturated carbocycles. The van der Waals surface area contributed by atoms with E-state index >= 15 is 0 Å². The van der Waals surface area contributed by atoms with E-state index in [1.165, 1.54) is 12.0 Å². The van der Waals surface area contributed by atoms with Crippen molar-refractivity contribution in [1.82, 2.24) is 5.32 Å². The average Bonchev–Trinajstić information content (AvgIpc) is 2.28. The van der Waals surface area contributed by atoms with E-state index in [2.05, 4.69) is 48.1 Å². The van der Waals surface area contributed by atoms with Gasteiger partial charge in [0.05, 0.1) is 0 Å². The maximum atomic E-state index is 6.09. The zero-order chi connectivity index (χ0) is 13.7. The molecule has 0 spiro atoms. The van der Waals surface area contributed by atoms with Crippen LogP contribution in [0.25, 0.3) is 0 Å². The third-order valence-electron chi connectivity index (χ3n) is 3.19. The number of benzene rings is 1. The Morgan fingerprint density at radius 3 is 2.44 bits per heavy atom. The molecule has 18 heavy (non-hydrogen) atoms. The van der Waals surface area contributed by atoms with Gasteiger partial charge in [0, 0.05) is 15.5 Å². The van der Waals surface area contributed by atoms with Crippen LogP contribution in [0.4, 0.5) is 0 Å². The maximum absolute atomic E-state index is 6.09. The molecule has 0 heterocycles. The standard InChI is InChI=1S/C15H23BrClN/c1-10(2)7-11(3)8-15(18-4)13-9-12(17)5-6-14(13)16/h5-6,9-11,15,18H,7-8H2,1-4H3. The van der Waals surface area contributed by atoms with E-state index in [1.54, 1.807) is 0 Å². The first-order valence-electron chi connectivity index (χ1n) is 6.56. The number of halogens is 2. The molecule has 1 N–H and O–H groups in total. The van der Waals surface area contributed by atoms with Gasteiger partial charge in [0.2, 0.25) is 0 Å². The van der Waals surface area contributed by atoms with Crippen LogP contribution in [0.2, 0.25) is 5.02 Å². The van der Waals surface area contributed by atoms with Gasteiger partial charge in [-0.25, -0.2) is 0 Å². The molecule has 0 bridgehead atoms. The van der Waals surface area contributed by atoms with Gasteiger partial charge in [-0.1, -0.05) is 48.3 Å². The number of nitrogens with one attached hydrogen (secondary N) is 1. The van der Waals surface area contributed by atoms with Crippen molar-refractivity contribution in [2.75, 3.05) is 7.05 Å². The molecule has 1 nitrogen and oxygen atoms in total. The first kappa shape index (κ1) is 16.0. The van der Waals surface area contributed by atoms with Crippen LogP contribution < -0.4 is 5.32 Å². The summed E-state index contributed by atoms with van der Waals surface area (Å²) in [5.74, 6) is 1.45. The lowest BCUT2D eigenvalue weighted by molar-refractivity contribution is 0.366. The van der Waals surface area contributed by atoms with Crippen LogP contribution in [0.5, 0.6) is 0 Å². The van der Waals surface area contributed by atoms with Crippen molar-refractivity contribution in [1.29, 1.82) is 0 Å². The number of hydrogen-bond acceptors (Lipinski definition) is 1. The largest absolute Gasteiger partial charge is 0.313 e. The van der Waals surface area contributed by atoms with Crippen molar-refractivity contribution in [3.05, 3.63) is 33.3 Å². The Labute approximate surface area is 124 Å². The fourth-order valence-corrected chi connectivity index (χ4v) is 3.19. The summed E-state index contributed by atoms with van der Waals surface area (Å²) < 4.78 is 1.13. The van der Waals surface area contributed by atoms with E-state index < -0.39 is 0 Å². The van der Waals surface area contributed by atoms with Crippen molar-refractivity contribution in [2.24, 2.45) is 11.8 Å². The Bertz CT molecular complexity index is 379. The third-order valence-corrected chi connectivity index (χ3v) is 4.15. The second-order valence-electron chi connectivity index (χ2n) is 5.48. The summed E-state index contributed by atoms with van der Waals surface area (Å²) in [6.45, 7) is 6.88. The lowest BCUT2D eigenvalue weighted by atomic mass is 9.90. The van der Waals surface area contributed by atoms with Gasteiger partial charge in [-0.2, -0.15) is 0 Å². The summed E-state index contributed by atoms with van der Waals surface area (Å²) in [6, 6.07) is 6.34. The zero-order valence-electron chi connectivity index (χ0n) is 11.6. The van der Waals surface area contributed by atoms with Gasteiger partial charge in [-0.05, 0) is 55.5 Å². The van der Waals surface area contributed by atoms with E-state index in [0.29, 0.717) is 12.0 Å². The van der Waals surface area contributed by atoms with Gasteiger partial charge in [-0.15, -0.1) is 0 Å². The molecule has 1 aromatic rings. The van der Waals surface area contributed by atoms with Gasteiger partial charge in [0.1, 0.15) is 0 Å². The van der Waals surface area contributed by atoms with Crippen LogP contribution in [0.3, 0.4) is 0 Å². The summed E-state index contributed by atoms with van der Waals surface area (Å²) >= 11 is 9.70. The summed E-state index contributed by atoms with van der Waals surface area (Å²) in [5.41, 5.74) is 1.25. The third kappa shape index (κ3) is 4.91. The molecule has 0 aliphatic rings. The normalized spacial score (nSPS) is 14.8. The molecule has 2 unspecified atom stereocenters. The van der Waals surface area contributed by atoms with Crippen LogP contribution in [-0.4, -0.2) is 7.05 Å². The molecule has 1 rings (SSSR count). The highest BCUT2D eigenvalue weighted by molar-refractivity contribution is 9.10. The van der Waals surface area contributed by atoms with E-state index in [4.69, 9.17) is 11.6 Å². The monoisotopic (exact) mass is 331 g/mol. The Hall–Kier alpha value is -0.0500. The minimum atomic E-state index is 0.354. The number of hydrogen-bond donors (Lipinski definition) is 1. The summed E-state index contributed by atoms with van der Waals surface area (Å²) in [6.07, 6.45) is 2.39. The molecular weight excluding hydrogens is 310 g/mol. The molecule has 0 radical (unpaired) electrons. The Balaban J connectivity index is 2.79. The van der Waals surface area contributed by atoms with E-state index in [0.717, 1.165) is 21.8 Å². The van der Waals surface area contributed by atoms with E-state index in [9.17, 15) is 0 Å². The molecule has 0 aliphatic carbocycles. The van der Waals surface area contributed by atoms with Crippen molar-refractivity contribution >= 4 is 27.5 Å². The van der Waals surface area contributed by atoms with Gasteiger partial charge < -0.3 is 5.32 Å². The lowest BCUT2D eigenvalue weighted by Gasteiger charge is -2.23. The topological polar surface area (TPSA) is 12.0 Å². The molecular formula is C15H23BrClN. The first-order valence-corrected chi connectivity index (χ1v) is 7.73. The molecule has 0 amide bonds. The fraction of sp³-hybridized carbons (Fsp3) is 0.600. The maximum Gasteiger partial charge on any atom is 0.0410 e. The van der Waals surface area contributed by atoms with Crippen LogP contribution in [0.1, 0.15) is 45.2 Å². The number of rotatable bonds is 6. The van der Waals surface area contributed by atoms with Gasteiger partial charge >= 0.3 is 0 Å². The average molecular weight is 333 g/mol. The molecule has 1 aromatic carbocycles. The smallest absolute Gasteiger partial charge is 0.0410 e. The van der Waals surface area contributed by atoms with Gasteiger partial charge in [-0.3, -0.25) is 0 Å².